The largest absolute Gasteiger partial charge is 0.290 e. The van der Waals surface area contributed by atoms with E-state index >= 15 is 0 Å². The molecule has 0 radical (unpaired) electrons. The van der Waals surface area contributed by atoms with Crippen molar-refractivity contribution in [3.05, 3.63) is 23.9 Å². The fourth-order valence-electron chi connectivity index (χ4n) is 0.598. The molecule has 1 rings (SSSR count). The maximum Gasteiger partial charge on any atom is 0.208 e. The Kier molecular flexibility index (Phi) is 1.88. The summed E-state index contributed by atoms with van der Waals surface area (Å²) in [6, 6.07) is 0. The zero-order valence-electron chi connectivity index (χ0n) is 5.07. The molecule has 50 valence electrons. The van der Waals surface area contributed by atoms with Gasteiger partial charge < -0.3 is 0 Å². The molecule has 0 N–H and O–H groups in total. The van der Waals surface area contributed by atoms with Gasteiger partial charge in [-0.2, -0.15) is 0 Å². The summed E-state index contributed by atoms with van der Waals surface area (Å²) in [5.41, 5.74) is 0.192. The van der Waals surface area contributed by atoms with Gasteiger partial charge in [0, 0.05) is 6.08 Å². The zero-order chi connectivity index (χ0) is 7.56. The van der Waals surface area contributed by atoms with E-state index in [-0.39, 0.29) is 17.3 Å². The van der Waals surface area contributed by atoms with E-state index < -0.39 is 0 Å². The Labute approximate surface area is 59.7 Å². The lowest BCUT2D eigenvalue weighted by molar-refractivity contribution is -0.114. The molecule has 10 heavy (non-hydrogen) atoms. The van der Waals surface area contributed by atoms with Crippen molar-refractivity contribution in [1.29, 1.82) is 0 Å². The minimum Gasteiger partial charge on any atom is -0.290 e. The first-order chi connectivity index (χ1) is 4.74. The molecule has 0 aromatic carbocycles. The molecule has 0 heterocycles. The summed E-state index contributed by atoms with van der Waals surface area (Å²) < 4.78 is 3.54. The van der Waals surface area contributed by atoms with E-state index in [0.29, 0.717) is 0 Å². The molecule has 0 saturated carbocycles. The first-order valence-electron chi connectivity index (χ1n) is 2.63. The summed E-state index contributed by atoms with van der Waals surface area (Å²) in [6.45, 7) is 0. The molecule has 0 spiro atoms. The minimum absolute atomic E-state index is 0.192. The highest BCUT2D eigenvalue weighted by atomic mass is 31.0. The van der Waals surface area contributed by atoms with Gasteiger partial charge in [0.05, 0.1) is 0 Å². The molecule has 0 amide bonds. The van der Waals surface area contributed by atoms with Crippen molar-refractivity contribution in [1.82, 2.24) is 0 Å². The molecule has 0 saturated heterocycles. The summed E-state index contributed by atoms with van der Waals surface area (Å²) >= 11 is 0. The topological polar surface area (TPSA) is 46.5 Å². The van der Waals surface area contributed by atoms with E-state index in [4.69, 9.17) is 0 Å². The van der Waals surface area contributed by atoms with Crippen LogP contribution in [0.15, 0.2) is 28.7 Å². The number of carbonyl (C=O) groups excluding carboxylic acids is 2. The predicted octanol–water partition coefficient (Wildman–Crippen LogP) is 0.637. The molecule has 1 aliphatic carbocycles. The molecular weight excluding hydrogens is 149 g/mol. The van der Waals surface area contributed by atoms with E-state index in [9.17, 15) is 9.59 Å². The van der Waals surface area contributed by atoms with E-state index in [1.165, 1.54) is 18.2 Å². The quantitative estimate of drug-likeness (QED) is 0.411. The lowest BCUT2D eigenvalue weighted by Gasteiger charge is -1.94. The number of allylic oxidation sites excluding steroid dienone is 3. The van der Waals surface area contributed by atoms with Crippen LogP contribution in [0.5, 0.6) is 0 Å². The van der Waals surface area contributed by atoms with Gasteiger partial charge in [-0.3, -0.25) is 9.59 Å². The summed E-state index contributed by atoms with van der Waals surface area (Å²) in [7, 11) is 2.04. The van der Waals surface area contributed by atoms with Gasteiger partial charge in [-0.1, -0.05) is 4.74 Å². The summed E-state index contributed by atoms with van der Waals surface area (Å²) in [5, 5.41) is 0. The summed E-state index contributed by atoms with van der Waals surface area (Å²) in [4.78, 5) is 21.3. The second-order valence-corrected chi connectivity index (χ2v) is 2.02. The first kappa shape index (κ1) is 7.03. The average Bonchev–Trinajstić information content (AvgIpc) is 1.94. The number of carbonyl (C=O) groups is 2. The van der Waals surface area contributed by atoms with Crippen molar-refractivity contribution in [2.45, 2.75) is 0 Å². The van der Waals surface area contributed by atoms with Gasteiger partial charge in [0.2, 0.25) is 5.78 Å². The fourth-order valence-corrected chi connectivity index (χ4v) is 0.800. The Balaban J connectivity index is 3.00. The lowest BCUT2D eigenvalue weighted by atomic mass is 10.1. The monoisotopic (exact) mass is 154 g/mol. The van der Waals surface area contributed by atoms with Crippen LogP contribution in [-0.4, -0.2) is 11.6 Å². The van der Waals surface area contributed by atoms with Crippen LogP contribution >= 0.6 is 9.03 Å². The fraction of sp³-hybridized carbons (Fsp3) is 0. The van der Waals surface area contributed by atoms with Crippen LogP contribution in [0.25, 0.3) is 0 Å². The van der Waals surface area contributed by atoms with Gasteiger partial charge in [-0.25, -0.2) is 0 Å². The van der Waals surface area contributed by atoms with Crippen LogP contribution in [-0.2, 0) is 9.59 Å². The van der Waals surface area contributed by atoms with Gasteiger partial charge in [-0.15, -0.1) is 0 Å². The highest BCUT2D eigenvalue weighted by Crippen LogP contribution is 2.06. The first-order valence-corrected chi connectivity index (χ1v) is 3.14. The molecule has 1 unspecified atom stereocenters. The molecule has 3 nitrogen and oxygen atoms in total. The number of rotatable bonds is 1. The van der Waals surface area contributed by atoms with E-state index in [2.05, 4.69) is 4.74 Å². The minimum atomic E-state index is -0.227. The van der Waals surface area contributed by atoms with Gasteiger partial charge >= 0.3 is 0 Å². The van der Waals surface area contributed by atoms with Crippen LogP contribution in [0, 0.1) is 0 Å². The van der Waals surface area contributed by atoms with Gasteiger partial charge in [0.25, 0.3) is 0 Å². The molecule has 1 aliphatic rings. The highest BCUT2D eigenvalue weighted by Gasteiger charge is 2.12. The summed E-state index contributed by atoms with van der Waals surface area (Å²) in [5.74, 6) is -0.421. The lowest BCUT2D eigenvalue weighted by Crippen LogP contribution is -2.04. The van der Waals surface area contributed by atoms with Gasteiger partial charge in [0.15, 0.2) is 20.5 Å². The molecule has 0 bridgehead atoms. The Morgan fingerprint density at radius 2 is 2.00 bits per heavy atom. The molecule has 0 aromatic rings. The van der Waals surface area contributed by atoms with Crippen LogP contribution in [0.2, 0.25) is 0 Å². The van der Waals surface area contributed by atoms with Crippen molar-refractivity contribution >= 4 is 20.6 Å². The number of hydrogen-bond acceptors (Lipinski definition) is 3. The van der Waals surface area contributed by atoms with Crippen LogP contribution in [0.3, 0.4) is 0 Å². The van der Waals surface area contributed by atoms with Crippen molar-refractivity contribution in [2.75, 3.05) is 0 Å². The smallest absolute Gasteiger partial charge is 0.208 e. The molecule has 0 aliphatic heterocycles. The van der Waals surface area contributed by atoms with Crippen LogP contribution in [0.1, 0.15) is 0 Å². The van der Waals surface area contributed by atoms with Crippen molar-refractivity contribution < 1.29 is 9.59 Å². The Morgan fingerprint density at radius 3 is 2.50 bits per heavy atom. The Bertz CT molecular complexity index is 265. The SMILES string of the molecule is O=C1C=CC(=O)C(N=[PH2+])=C1. The van der Waals surface area contributed by atoms with Crippen LogP contribution in [0.4, 0.5) is 0 Å². The summed E-state index contributed by atoms with van der Waals surface area (Å²) in [6.07, 6.45) is 3.64. The Hall–Kier alpha value is -1.08. The maximum absolute atomic E-state index is 10.8. The van der Waals surface area contributed by atoms with E-state index in [0.717, 1.165) is 0 Å². The highest BCUT2D eigenvalue weighted by molar-refractivity contribution is 7.04. The Morgan fingerprint density at radius 1 is 1.30 bits per heavy atom. The zero-order valence-corrected chi connectivity index (χ0v) is 6.23. The second-order valence-electron chi connectivity index (χ2n) is 1.76. The van der Waals surface area contributed by atoms with Crippen molar-refractivity contribution in [3.8, 4) is 0 Å². The molecule has 0 aromatic heterocycles. The second kappa shape index (κ2) is 2.67. The van der Waals surface area contributed by atoms with Crippen molar-refractivity contribution in [3.63, 3.8) is 0 Å². The standard InChI is InChI=1S/C6H4NO2P/c8-4-1-2-6(9)5(3-4)7-10/h1-3,10H/p+1. The average molecular weight is 154 g/mol. The molecular formula is C6H5NO2P+. The number of hydrogen-bond donors (Lipinski definition) is 0. The third-order valence-electron chi connectivity index (χ3n) is 1.07. The van der Waals surface area contributed by atoms with Gasteiger partial charge in [0.1, 0.15) is 0 Å². The normalized spacial score (nSPS) is 17.0. The van der Waals surface area contributed by atoms with Crippen molar-refractivity contribution in [2.24, 2.45) is 4.74 Å². The molecule has 0 fully saturated rings. The molecule has 1 atom stereocenters. The predicted molar refractivity (Wildman–Crippen MR) is 39.4 cm³/mol. The molecule has 4 heteroatoms. The van der Waals surface area contributed by atoms with Crippen LogP contribution < -0.4 is 0 Å². The number of nitrogens with zero attached hydrogens (tertiary/aromatic N) is 1. The maximum atomic E-state index is 10.8. The van der Waals surface area contributed by atoms with E-state index in [1.54, 1.807) is 0 Å². The third-order valence-corrected chi connectivity index (χ3v) is 1.35. The van der Waals surface area contributed by atoms with E-state index in [1.807, 2.05) is 9.03 Å². The third kappa shape index (κ3) is 1.25. The number of ketones is 2. The van der Waals surface area contributed by atoms with Gasteiger partial charge in [-0.05, 0) is 12.2 Å².